The highest BCUT2D eigenvalue weighted by Gasteiger charge is 2.24. The first-order valence-corrected chi connectivity index (χ1v) is 9.02. The standard InChI is InChI=1S/C20H20N2O4S/c1-12-5-7-14(8-6-12)21-20-22-19(23)17(27-20)11-13-9-15(24-2)18(26-4)16(10-13)25-3/h5-11H,1-4H3,(H,21,22,23)/b17-11-. The highest BCUT2D eigenvalue weighted by Crippen LogP contribution is 2.39. The largest absolute Gasteiger partial charge is 0.493 e. The van der Waals surface area contributed by atoms with E-state index in [0.29, 0.717) is 27.3 Å². The Morgan fingerprint density at radius 2 is 1.63 bits per heavy atom. The Hall–Kier alpha value is -2.93. The molecule has 0 unspecified atom stereocenters. The van der Waals surface area contributed by atoms with Crippen LogP contribution in [-0.2, 0) is 4.79 Å². The lowest BCUT2D eigenvalue weighted by atomic mass is 10.1. The maximum Gasteiger partial charge on any atom is 0.264 e. The number of nitrogens with zero attached hydrogens (tertiary/aromatic N) is 1. The molecule has 1 aliphatic heterocycles. The van der Waals surface area contributed by atoms with Crippen molar-refractivity contribution in [1.29, 1.82) is 0 Å². The minimum atomic E-state index is -0.195. The van der Waals surface area contributed by atoms with Crippen LogP contribution in [0.4, 0.5) is 5.69 Å². The molecule has 1 heterocycles. The predicted molar refractivity (Wildman–Crippen MR) is 108 cm³/mol. The molecule has 0 spiro atoms. The summed E-state index contributed by atoms with van der Waals surface area (Å²) in [5.74, 6) is 1.37. The zero-order valence-corrected chi connectivity index (χ0v) is 16.3. The fourth-order valence-electron chi connectivity index (χ4n) is 2.55. The number of benzene rings is 2. The first-order chi connectivity index (χ1) is 13.0. The number of hydrogen-bond acceptors (Lipinski definition) is 6. The van der Waals surface area contributed by atoms with Crippen LogP contribution in [0.5, 0.6) is 17.2 Å². The molecule has 2 aromatic rings. The van der Waals surface area contributed by atoms with Crippen molar-refractivity contribution in [2.45, 2.75) is 6.92 Å². The zero-order valence-electron chi connectivity index (χ0n) is 15.5. The Balaban J connectivity index is 1.89. The van der Waals surface area contributed by atoms with Crippen molar-refractivity contribution >= 4 is 34.6 Å². The van der Waals surface area contributed by atoms with Gasteiger partial charge in [-0.05, 0) is 54.6 Å². The summed E-state index contributed by atoms with van der Waals surface area (Å²) < 4.78 is 16.0. The maximum atomic E-state index is 12.3. The SMILES string of the molecule is COc1cc(/C=C2\SC(=Nc3ccc(C)cc3)NC2=O)cc(OC)c1OC. The minimum absolute atomic E-state index is 0.195. The summed E-state index contributed by atoms with van der Waals surface area (Å²) in [5, 5.41) is 3.33. The van der Waals surface area contributed by atoms with Gasteiger partial charge >= 0.3 is 0 Å². The van der Waals surface area contributed by atoms with Gasteiger partial charge in [-0.2, -0.15) is 0 Å². The Morgan fingerprint density at radius 3 is 2.19 bits per heavy atom. The number of amidine groups is 1. The van der Waals surface area contributed by atoms with E-state index in [4.69, 9.17) is 14.2 Å². The molecule has 1 fully saturated rings. The lowest BCUT2D eigenvalue weighted by molar-refractivity contribution is -0.115. The normalized spacial score (nSPS) is 16.5. The van der Waals surface area contributed by atoms with Gasteiger partial charge in [0, 0.05) is 0 Å². The van der Waals surface area contributed by atoms with Gasteiger partial charge in [0.2, 0.25) is 5.75 Å². The molecule has 0 radical (unpaired) electrons. The molecule has 0 aromatic heterocycles. The number of nitrogens with one attached hydrogen (secondary N) is 1. The highest BCUT2D eigenvalue weighted by molar-refractivity contribution is 8.18. The molecular formula is C20H20N2O4S. The Kier molecular flexibility index (Phi) is 5.71. The fraction of sp³-hybridized carbons (Fsp3) is 0.200. The number of aliphatic imine (C=N–C) groups is 1. The predicted octanol–water partition coefficient (Wildman–Crippen LogP) is 3.91. The number of carbonyl (C=O) groups is 1. The lowest BCUT2D eigenvalue weighted by Crippen LogP contribution is -2.19. The van der Waals surface area contributed by atoms with Crippen LogP contribution in [0.15, 0.2) is 46.3 Å². The second-order valence-electron chi connectivity index (χ2n) is 5.78. The molecule has 0 bridgehead atoms. The monoisotopic (exact) mass is 384 g/mol. The molecule has 27 heavy (non-hydrogen) atoms. The van der Waals surface area contributed by atoms with Crippen LogP contribution < -0.4 is 19.5 Å². The number of amides is 1. The van der Waals surface area contributed by atoms with Gasteiger partial charge in [0.05, 0.1) is 31.9 Å². The summed E-state index contributed by atoms with van der Waals surface area (Å²) in [5.41, 5.74) is 2.71. The molecule has 1 aliphatic rings. The average molecular weight is 384 g/mol. The summed E-state index contributed by atoms with van der Waals surface area (Å²) in [7, 11) is 4.65. The number of carbonyl (C=O) groups excluding carboxylic acids is 1. The Labute approximate surface area is 162 Å². The number of hydrogen-bond donors (Lipinski definition) is 1. The lowest BCUT2D eigenvalue weighted by Gasteiger charge is -2.12. The van der Waals surface area contributed by atoms with E-state index in [9.17, 15) is 4.79 Å². The molecule has 6 nitrogen and oxygen atoms in total. The Bertz CT molecular complexity index is 895. The van der Waals surface area contributed by atoms with E-state index >= 15 is 0 Å². The molecule has 1 N–H and O–H groups in total. The fourth-order valence-corrected chi connectivity index (χ4v) is 3.39. The van der Waals surface area contributed by atoms with Gasteiger partial charge in [-0.15, -0.1) is 0 Å². The first kappa shape index (κ1) is 18.8. The van der Waals surface area contributed by atoms with Gasteiger partial charge in [0.25, 0.3) is 5.91 Å². The third-order valence-corrected chi connectivity index (χ3v) is 4.81. The van der Waals surface area contributed by atoms with Crippen LogP contribution in [0, 0.1) is 6.92 Å². The van der Waals surface area contributed by atoms with Gasteiger partial charge < -0.3 is 19.5 Å². The van der Waals surface area contributed by atoms with E-state index < -0.39 is 0 Å². The highest BCUT2D eigenvalue weighted by atomic mass is 32.2. The second-order valence-corrected chi connectivity index (χ2v) is 6.81. The molecule has 140 valence electrons. The van der Waals surface area contributed by atoms with Crippen molar-refractivity contribution in [3.05, 3.63) is 52.4 Å². The summed E-state index contributed by atoms with van der Waals surface area (Å²) in [4.78, 5) is 17.3. The number of ether oxygens (including phenoxy) is 3. The topological polar surface area (TPSA) is 69.2 Å². The molecule has 2 aromatic carbocycles. The third-order valence-electron chi connectivity index (χ3n) is 3.90. The average Bonchev–Trinajstić information content (AvgIpc) is 3.01. The van der Waals surface area contributed by atoms with Crippen molar-refractivity contribution in [3.63, 3.8) is 0 Å². The van der Waals surface area contributed by atoms with Crippen molar-refractivity contribution < 1.29 is 19.0 Å². The molecule has 3 rings (SSSR count). The van der Waals surface area contributed by atoms with Gasteiger partial charge in [-0.25, -0.2) is 4.99 Å². The van der Waals surface area contributed by atoms with Crippen molar-refractivity contribution in [1.82, 2.24) is 5.32 Å². The molecule has 1 saturated heterocycles. The molecule has 7 heteroatoms. The first-order valence-electron chi connectivity index (χ1n) is 8.20. The van der Waals surface area contributed by atoms with Crippen LogP contribution in [0.2, 0.25) is 0 Å². The van der Waals surface area contributed by atoms with Gasteiger partial charge in [-0.3, -0.25) is 4.79 Å². The summed E-state index contributed by atoms with van der Waals surface area (Å²) >= 11 is 1.29. The van der Waals surface area contributed by atoms with Gasteiger partial charge in [-0.1, -0.05) is 17.7 Å². The van der Waals surface area contributed by atoms with Crippen molar-refractivity contribution in [3.8, 4) is 17.2 Å². The van der Waals surface area contributed by atoms with E-state index in [1.807, 2.05) is 31.2 Å². The molecular weight excluding hydrogens is 364 g/mol. The van der Waals surface area contributed by atoms with Crippen LogP contribution in [0.3, 0.4) is 0 Å². The van der Waals surface area contributed by atoms with Crippen LogP contribution in [0.1, 0.15) is 11.1 Å². The number of methoxy groups -OCH3 is 3. The molecule has 0 saturated carbocycles. The third kappa shape index (κ3) is 4.25. The molecule has 0 aliphatic carbocycles. The van der Waals surface area contributed by atoms with Gasteiger partial charge in [0.1, 0.15) is 0 Å². The number of rotatable bonds is 5. The van der Waals surface area contributed by atoms with Crippen molar-refractivity contribution in [2.24, 2.45) is 4.99 Å². The zero-order chi connectivity index (χ0) is 19.4. The summed E-state index contributed by atoms with van der Waals surface area (Å²) in [6.07, 6.45) is 1.77. The summed E-state index contributed by atoms with van der Waals surface area (Å²) in [6.45, 7) is 2.02. The van der Waals surface area contributed by atoms with Crippen molar-refractivity contribution in [2.75, 3.05) is 21.3 Å². The number of aryl methyl sites for hydroxylation is 1. The van der Waals surface area contributed by atoms with E-state index in [-0.39, 0.29) is 5.91 Å². The smallest absolute Gasteiger partial charge is 0.264 e. The molecule has 0 atom stereocenters. The molecule has 1 amide bonds. The van der Waals surface area contributed by atoms with E-state index in [0.717, 1.165) is 16.8 Å². The van der Waals surface area contributed by atoms with Crippen LogP contribution in [-0.4, -0.2) is 32.4 Å². The number of thioether (sulfide) groups is 1. The quantitative estimate of drug-likeness (QED) is 0.792. The second kappa shape index (κ2) is 8.18. The van der Waals surface area contributed by atoms with E-state index in [1.54, 1.807) is 39.5 Å². The minimum Gasteiger partial charge on any atom is -0.493 e. The summed E-state index contributed by atoms with van der Waals surface area (Å²) in [6, 6.07) is 11.4. The van der Waals surface area contributed by atoms with Gasteiger partial charge in [0.15, 0.2) is 16.7 Å². The van der Waals surface area contributed by atoms with E-state index in [1.165, 1.54) is 11.8 Å². The van der Waals surface area contributed by atoms with Crippen LogP contribution >= 0.6 is 11.8 Å². The Morgan fingerprint density at radius 1 is 1.00 bits per heavy atom. The van der Waals surface area contributed by atoms with E-state index in [2.05, 4.69) is 10.3 Å². The van der Waals surface area contributed by atoms with Crippen LogP contribution in [0.25, 0.3) is 6.08 Å². The maximum absolute atomic E-state index is 12.3.